The molecule has 10 aromatic rings. The smallest absolute Gasteiger partial charge is 0.235 e. The SMILES string of the molecule is c1cncc(-n2c3ccccc3c3c4ccccc4c(-c4ccc5c(c4)c4ccccc4n5-c4ncc5ccccc5n4)cc32)c1. The van der Waals surface area contributed by atoms with Crippen molar-refractivity contribution in [3.8, 4) is 22.8 Å². The highest BCUT2D eigenvalue weighted by Crippen LogP contribution is 2.42. The predicted octanol–water partition coefficient (Wildman–Crippen LogP) is 10.0. The zero-order valence-electron chi connectivity index (χ0n) is 24.7. The van der Waals surface area contributed by atoms with E-state index in [2.05, 4.69) is 117 Å². The van der Waals surface area contributed by atoms with Crippen molar-refractivity contribution >= 4 is 65.3 Å². The van der Waals surface area contributed by atoms with E-state index in [4.69, 9.17) is 9.97 Å². The quantitative estimate of drug-likeness (QED) is 0.207. The van der Waals surface area contributed by atoms with Gasteiger partial charge in [0.2, 0.25) is 5.95 Å². The largest absolute Gasteiger partial charge is 0.308 e. The van der Waals surface area contributed by atoms with Crippen LogP contribution in [0.2, 0.25) is 0 Å². The van der Waals surface area contributed by atoms with Crippen LogP contribution in [0.4, 0.5) is 0 Å². The fourth-order valence-electron chi connectivity index (χ4n) is 7.26. The summed E-state index contributed by atoms with van der Waals surface area (Å²) in [5.41, 5.74) is 8.82. The summed E-state index contributed by atoms with van der Waals surface area (Å²) in [4.78, 5) is 14.3. The van der Waals surface area contributed by atoms with E-state index in [1.807, 2.05) is 48.9 Å². The van der Waals surface area contributed by atoms with Crippen molar-refractivity contribution in [2.45, 2.75) is 0 Å². The van der Waals surface area contributed by atoms with Crippen LogP contribution in [-0.4, -0.2) is 24.1 Å². The molecular formula is C41H25N5. The van der Waals surface area contributed by atoms with Crippen molar-refractivity contribution in [2.75, 3.05) is 0 Å². The summed E-state index contributed by atoms with van der Waals surface area (Å²) < 4.78 is 4.53. The molecule has 0 N–H and O–H groups in total. The Balaban J connectivity index is 1.28. The van der Waals surface area contributed by atoms with Gasteiger partial charge in [-0.2, -0.15) is 0 Å². The van der Waals surface area contributed by atoms with E-state index in [-0.39, 0.29) is 0 Å². The number of aromatic nitrogens is 5. The van der Waals surface area contributed by atoms with Crippen LogP contribution >= 0.6 is 0 Å². The molecule has 0 bridgehead atoms. The Morgan fingerprint density at radius 2 is 1.20 bits per heavy atom. The van der Waals surface area contributed by atoms with Gasteiger partial charge >= 0.3 is 0 Å². The molecule has 5 nitrogen and oxygen atoms in total. The maximum atomic E-state index is 4.98. The Morgan fingerprint density at radius 3 is 2.04 bits per heavy atom. The van der Waals surface area contributed by atoms with E-state index in [0.717, 1.165) is 38.7 Å². The molecule has 0 unspecified atom stereocenters. The lowest BCUT2D eigenvalue weighted by Crippen LogP contribution is -2.00. The summed E-state index contributed by atoms with van der Waals surface area (Å²) in [5.74, 6) is 0.672. The molecule has 4 aromatic heterocycles. The molecule has 46 heavy (non-hydrogen) atoms. The van der Waals surface area contributed by atoms with E-state index in [0.29, 0.717) is 5.95 Å². The minimum absolute atomic E-state index is 0.672. The molecule has 6 aromatic carbocycles. The lowest BCUT2D eigenvalue weighted by molar-refractivity contribution is 1.01. The van der Waals surface area contributed by atoms with Gasteiger partial charge in [-0.05, 0) is 70.4 Å². The highest BCUT2D eigenvalue weighted by molar-refractivity contribution is 6.24. The average Bonchev–Trinajstić information content (AvgIpc) is 3.64. The van der Waals surface area contributed by atoms with Gasteiger partial charge in [0.05, 0.1) is 39.5 Å². The van der Waals surface area contributed by atoms with Gasteiger partial charge in [-0.15, -0.1) is 0 Å². The first kappa shape index (κ1) is 25.0. The van der Waals surface area contributed by atoms with Crippen LogP contribution in [0.3, 0.4) is 0 Å². The summed E-state index contributed by atoms with van der Waals surface area (Å²) >= 11 is 0. The third-order valence-electron chi connectivity index (χ3n) is 9.24. The second-order valence-electron chi connectivity index (χ2n) is 11.7. The number of hydrogen-bond donors (Lipinski definition) is 0. The van der Waals surface area contributed by atoms with Crippen molar-refractivity contribution in [3.05, 3.63) is 152 Å². The third kappa shape index (κ3) is 3.54. The second kappa shape index (κ2) is 9.58. The van der Waals surface area contributed by atoms with Gasteiger partial charge in [-0.25, -0.2) is 9.97 Å². The van der Waals surface area contributed by atoms with Gasteiger partial charge in [-0.3, -0.25) is 9.55 Å². The molecule has 10 rings (SSSR count). The van der Waals surface area contributed by atoms with Crippen molar-refractivity contribution in [1.29, 1.82) is 0 Å². The number of para-hydroxylation sites is 3. The zero-order chi connectivity index (χ0) is 30.2. The summed E-state index contributed by atoms with van der Waals surface area (Å²) in [5, 5.41) is 8.32. The Labute approximate surface area is 263 Å². The van der Waals surface area contributed by atoms with Crippen molar-refractivity contribution in [3.63, 3.8) is 0 Å². The van der Waals surface area contributed by atoms with Gasteiger partial charge in [0.25, 0.3) is 0 Å². The molecule has 5 heteroatoms. The normalized spacial score (nSPS) is 11.9. The number of nitrogens with zero attached hydrogens (tertiary/aromatic N) is 5. The van der Waals surface area contributed by atoms with Gasteiger partial charge in [0.1, 0.15) is 0 Å². The molecule has 214 valence electrons. The Morgan fingerprint density at radius 1 is 0.478 bits per heavy atom. The summed E-state index contributed by atoms with van der Waals surface area (Å²) in [6, 6.07) is 47.4. The molecule has 0 amide bonds. The highest BCUT2D eigenvalue weighted by Gasteiger charge is 2.19. The molecule has 0 radical (unpaired) electrons. The van der Waals surface area contributed by atoms with E-state index >= 15 is 0 Å². The molecule has 0 aliphatic heterocycles. The second-order valence-corrected chi connectivity index (χ2v) is 11.7. The van der Waals surface area contributed by atoms with Gasteiger partial charge in [0, 0.05) is 39.3 Å². The molecule has 0 atom stereocenters. The summed E-state index contributed by atoms with van der Waals surface area (Å²) in [7, 11) is 0. The highest BCUT2D eigenvalue weighted by atomic mass is 15.2. The predicted molar refractivity (Wildman–Crippen MR) is 189 cm³/mol. The summed E-state index contributed by atoms with van der Waals surface area (Å²) in [6.45, 7) is 0. The molecule has 0 aliphatic carbocycles. The van der Waals surface area contributed by atoms with Crippen molar-refractivity contribution < 1.29 is 0 Å². The van der Waals surface area contributed by atoms with E-state index in [1.54, 1.807) is 0 Å². The minimum Gasteiger partial charge on any atom is -0.308 e. The Kier molecular flexibility index (Phi) is 5.22. The first-order valence-electron chi connectivity index (χ1n) is 15.4. The number of rotatable bonds is 3. The standard InChI is InChI=1S/C41H25N5/c1-6-16-35-27(10-1)24-43-41(44-35)46-36-17-7-4-13-30(36)34-22-26(19-20-38(34)46)33-23-39-40(31-14-3-2-12-29(31)33)32-15-5-8-18-37(32)45(39)28-11-9-21-42-25-28/h1-25H. The van der Waals surface area contributed by atoms with Gasteiger partial charge < -0.3 is 4.57 Å². The number of hydrogen-bond acceptors (Lipinski definition) is 3. The van der Waals surface area contributed by atoms with Crippen LogP contribution in [0, 0.1) is 0 Å². The average molecular weight is 588 g/mol. The maximum absolute atomic E-state index is 4.98. The lowest BCUT2D eigenvalue weighted by atomic mass is 9.94. The first-order chi connectivity index (χ1) is 22.8. The molecule has 0 saturated heterocycles. The minimum atomic E-state index is 0.672. The molecule has 0 spiro atoms. The Bertz CT molecular complexity index is 2810. The van der Waals surface area contributed by atoms with Crippen LogP contribution in [0.15, 0.2) is 152 Å². The number of pyridine rings is 1. The molecule has 0 fully saturated rings. The van der Waals surface area contributed by atoms with Crippen LogP contribution in [0.5, 0.6) is 0 Å². The summed E-state index contributed by atoms with van der Waals surface area (Å²) in [6.07, 6.45) is 5.68. The van der Waals surface area contributed by atoms with Gasteiger partial charge in [0.15, 0.2) is 0 Å². The lowest BCUT2D eigenvalue weighted by Gasteiger charge is -2.12. The third-order valence-corrected chi connectivity index (χ3v) is 9.24. The fraction of sp³-hybridized carbons (Fsp3) is 0. The Hall–Kier alpha value is -6.33. The number of benzene rings is 6. The van der Waals surface area contributed by atoms with Gasteiger partial charge in [-0.1, -0.05) is 84.9 Å². The topological polar surface area (TPSA) is 48.5 Å². The van der Waals surface area contributed by atoms with E-state index in [9.17, 15) is 0 Å². The van der Waals surface area contributed by atoms with Crippen LogP contribution in [0.25, 0.3) is 88.0 Å². The van der Waals surface area contributed by atoms with Crippen molar-refractivity contribution in [2.24, 2.45) is 0 Å². The monoisotopic (exact) mass is 587 g/mol. The molecule has 0 aliphatic rings. The fourth-order valence-corrected chi connectivity index (χ4v) is 7.26. The first-order valence-corrected chi connectivity index (χ1v) is 15.4. The maximum Gasteiger partial charge on any atom is 0.235 e. The zero-order valence-corrected chi connectivity index (χ0v) is 24.7. The molecular weight excluding hydrogens is 562 g/mol. The molecule has 4 heterocycles. The van der Waals surface area contributed by atoms with Crippen LogP contribution in [-0.2, 0) is 0 Å². The van der Waals surface area contributed by atoms with E-state index in [1.165, 1.54) is 43.4 Å². The van der Waals surface area contributed by atoms with Crippen LogP contribution in [0.1, 0.15) is 0 Å². The number of fused-ring (bicyclic) bond motifs is 9. The van der Waals surface area contributed by atoms with E-state index < -0.39 is 0 Å². The molecule has 0 saturated carbocycles. The van der Waals surface area contributed by atoms with Crippen molar-refractivity contribution in [1.82, 2.24) is 24.1 Å². The van der Waals surface area contributed by atoms with Crippen LogP contribution < -0.4 is 0 Å².